The third kappa shape index (κ3) is 20.4. The van der Waals surface area contributed by atoms with Crippen LogP contribution in [-0.4, -0.2) is 246 Å². The minimum absolute atomic E-state index is 0.289. The second kappa shape index (κ2) is 38.7. The van der Waals surface area contributed by atoms with E-state index in [1.54, 1.807) is 0 Å². The highest BCUT2D eigenvalue weighted by Gasteiger charge is 2.51. The molecule has 732 valence electrons. The van der Waals surface area contributed by atoms with Crippen LogP contribution in [0.5, 0.6) is 207 Å². The summed E-state index contributed by atoms with van der Waals surface area (Å²) in [6.45, 7) is -1.48. The lowest BCUT2D eigenvalue weighted by molar-refractivity contribution is -0.250. The third-order valence-electron chi connectivity index (χ3n) is 19.5. The van der Waals surface area contributed by atoms with Crippen molar-refractivity contribution in [2.45, 2.75) is 24.6 Å². The molecule has 13 rings (SSSR count). The Labute approximate surface area is 781 Å². The van der Waals surface area contributed by atoms with Crippen molar-refractivity contribution < 1.29 is 262 Å². The SMILES string of the molecule is O=C(Oc1cc(C(=O)Oc2cc(C(=O)O[C@H]3OC[C@@H](OC(=O)c4cc(O)c(O)c(OC(=O)c5cc(O)c(O)c(OC(=O)c6cc(O)c(O)c(O)c6)c5)c4)[C@H](OC(=O)c4cc(O)c(O)c(OC(=O)c5cc(O)c(O)c(OC(=O)c6cc(O)c(O)c(O)c6)c5)c4)[C@H]3OC(=O)c3cc(O)c(O)c(OC(=O)c4cc(O)c(O)c(OC(=O)c5cc(O)c(O)c(O)c5)c4)c3)cc(O)c2O)cc(O)c1O)c1cc(O)c(O)c(O)c1. The molecule has 28 N–H and O–H groups in total. The van der Waals surface area contributed by atoms with Crippen LogP contribution in [0, 0.1) is 0 Å². The van der Waals surface area contributed by atoms with E-state index in [9.17, 15) is 191 Å². The molecule has 1 aliphatic rings. The summed E-state index contributed by atoms with van der Waals surface area (Å²) >= 11 is 0. The summed E-state index contributed by atoms with van der Waals surface area (Å²) in [5.41, 5.74) is -11.4. The van der Waals surface area contributed by atoms with Crippen molar-refractivity contribution in [2.24, 2.45) is 0 Å². The highest BCUT2D eigenvalue weighted by atomic mass is 16.7. The number of carbonyl (C=O) groups excluding carboxylic acids is 12. The highest BCUT2D eigenvalue weighted by molar-refractivity contribution is 6.02. The lowest BCUT2D eigenvalue weighted by Gasteiger charge is -2.40. The second-order valence-corrected chi connectivity index (χ2v) is 29.1. The number of carbonyl (C=O) groups is 12. The first-order valence-electron chi connectivity index (χ1n) is 38.5. The Morgan fingerprint density at radius 2 is 0.303 bits per heavy atom. The fraction of sp³-hybridized carbons (Fsp3) is 0.0562. The molecule has 12 aromatic rings. The smallest absolute Gasteiger partial charge is 0.343 e. The number of phenols is 28. The average Bonchev–Trinajstić information content (AvgIpc) is 0.770. The quantitative estimate of drug-likeness (QED) is 0.0135. The first kappa shape index (κ1) is 98.2. The van der Waals surface area contributed by atoms with E-state index in [1.807, 2.05) is 0 Å². The summed E-state index contributed by atoms with van der Waals surface area (Å²) in [7, 11) is 0. The molecule has 53 nitrogen and oxygen atoms in total. The molecule has 1 heterocycles. The van der Waals surface area contributed by atoms with Gasteiger partial charge in [0, 0.05) is 0 Å². The maximum atomic E-state index is 15.2. The van der Waals surface area contributed by atoms with Crippen molar-refractivity contribution in [1.82, 2.24) is 0 Å². The topological polar surface area (TPSA) is 891 Å². The lowest BCUT2D eigenvalue weighted by Crippen LogP contribution is -2.58. The summed E-state index contributed by atoms with van der Waals surface area (Å²) < 4.78 is 69.7. The predicted octanol–water partition coefficient (Wildman–Crippen LogP) is 6.39. The number of hydrogen-bond donors (Lipinski definition) is 28. The molecule has 1 saturated heterocycles. The lowest BCUT2D eigenvalue weighted by atomic mass is 10.0. The number of hydrogen-bond acceptors (Lipinski definition) is 53. The van der Waals surface area contributed by atoms with Gasteiger partial charge in [0.15, 0.2) is 173 Å². The Hall–Kier alpha value is -21.4. The first-order chi connectivity index (χ1) is 66.8. The molecule has 0 amide bonds. The van der Waals surface area contributed by atoms with Gasteiger partial charge >= 0.3 is 71.6 Å². The van der Waals surface area contributed by atoms with Crippen molar-refractivity contribution in [3.63, 3.8) is 0 Å². The van der Waals surface area contributed by atoms with Crippen LogP contribution < -0.4 is 37.9 Å². The van der Waals surface area contributed by atoms with Crippen LogP contribution in [0.3, 0.4) is 0 Å². The highest BCUT2D eigenvalue weighted by Crippen LogP contribution is 2.50. The largest absolute Gasteiger partial charge is 0.504 e. The van der Waals surface area contributed by atoms with Crippen LogP contribution in [0.1, 0.15) is 124 Å². The Balaban J connectivity index is 0.880. The number of ether oxygens (including phenoxy) is 13. The maximum Gasteiger partial charge on any atom is 0.343 e. The number of phenolic OH excluding ortho intramolecular Hbond substituents is 28. The van der Waals surface area contributed by atoms with E-state index in [0.29, 0.717) is 140 Å². The van der Waals surface area contributed by atoms with E-state index in [2.05, 4.69) is 0 Å². The molecule has 4 atom stereocenters. The van der Waals surface area contributed by atoms with Crippen LogP contribution in [0.25, 0.3) is 0 Å². The van der Waals surface area contributed by atoms with E-state index in [-0.39, 0.29) is 6.07 Å². The monoisotopic (exact) mass is 1970 g/mol. The van der Waals surface area contributed by atoms with Gasteiger partial charge in [-0.05, 0) is 146 Å². The van der Waals surface area contributed by atoms with E-state index in [1.165, 1.54) is 0 Å². The maximum absolute atomic E-state index is 15.2. The van der Waals surface area contributed by atoms with Crippen molar-refractivity contribution >= 4 is 71.6 Å². The molecular weight excluding hydrogens is 1920 g/mol. The minimum Gasteiger partial charge on any atom is -0.504 e. The van der Waals surface area contributed by atoms with Gasteiger partial charge in [0.2, 0.25) is 58.4 Å². The predicted molar refractivity (Wildman–Crippen MR) is 446 cm³/mol. The molecule has 12 aromatic carbocycles. The van der Waals surface area contributed by atoms with Gasteiger partial charge in [-0.25, -0.2) is 57.5 Å². The van der Waals surface area contributed by atoms with E-state index in [0.717, 1.165) is 0 Å². The Bertz CT molecular complexity index is 6870. The van der Waals surface area contributed by atoms with Crippen molar-refractivity contribution in [3.05, 3.63) is 212 Å². The minimum atomic E-state index is -3.00. The van der Waals surface area contributed by atoms with Crippen LogP contribution in [0.2, 0.25) is 0 Å². The molecule has 142 heavy (non-hydrogen) atoms. The molecule has 0 radical (unpaired) electrons. The van der Waals surface area contributed by atoms with Crippen molar-refractivity contribution in [1.29, 1.82) is 0 Å². The van der Waals surface area contributed by atoms with Crippen molar-refractivity contribution in [2.75, 3.05) is 6.61 Å². The zero-order valence-corrected chi connectivity index (χ0v) is 69.6. The van der Waals surface area contributed by atoms with Crippen molar-refractivity contribution in [3.8, 4) is 207 Å². The Morgan fingerprint density at radius 3 is 0.479 bits per heavy atom. The summed E-state index contributed by atoms with van der Waals surface area (Å²) in [5, 5.41) is 294. The van der Waals surface area contributed by atoms with E-state index < -0.39 is 377 Å². The zero-order chi connectivity index (χ0) is 104. The molecule has 0 saturated carbocycles. The molecule has 1 aliphatic heterocycles. The molecule has 0 spiro atoms. The molecule has 53 heteroatoms. The summed E-state index contributed by atoms with van der Waals surface area (Å²) in [6.07, 6.45) is -11.4. The standard InChI is InChI=1S/C89H58O53/c90-38-1-26(2-39(91)63(38)106)77(118)131-54-17-30(9-46(98)67(54)110)81(122)135-58-21-34(13-50(102)71(58)114)85(126)139-62-25-130-89(142-88(129)37-16-53(105)74(117)61(24-37)138-84(125)33-12-49(101)70(113)57(20-33)134-80(121)29-7-44(96)66(109)45(97)8-29)76(141-87(128)36-15-52(104)73(116)60(23-36)137-83(124)32-11-48(100)69(112)56(19-32)133-79(120)28-5-42(94)65(108)43(95)6-28)75(62)140-86(127)35-14-51(103)72(115)59(22-35)136-82(123)31-10-47(99)68(111)55(18-31)132-78(119)27-3-40(92)64(107)41(93)4-27/h1-24,62,75-76,89-117H,25H2/t62-,75+,76-,89-/m1/s1. The third-order valence-corrected chi connectivity index (χ3v) is 19.5. The summed E-state index contributed by atoms with van der Waals surface area (Å²) in [4.78, 5) is 168. The molecular formula is C89H58O53. The molecule has 1 fully saturated rings. The molecule has 0 bridgehead atoms. The van der Waals surface area contributed by atoms with Crippen LogP contribution >= 0.6 is 0 Å². The number of aromatic hydroxyl groups is 28. The van der Waals surface area contributed by atoms with Gasteiger partial charge in [0.25, 0.3) is 0 Å². The van der Waals surface area contributed by atoms with Crippen LogP contribution in [-0.2, 0) is 23.7 Å². The van der Waals surface area contributed by atoms with Gasteiger partial charge in [-0.3, -0.25) is 0 Å². The fourth-order valence-corrected chi connectivity index (χ4v) is 12.4. The van der Waals surface area contributed by atoms with Gasteiger partial charge in [0.05, 0.1) is 73.4 Å². The van der Waals surface area contributed by atoms with Gasteiger partial charge < -0.3 is 205 Å². The number of benzene rings is 12. The Kier molecular flexibility index (Phi) is 26.7. The number of rotatable bonds is 24. The number of esters is 12. The van der Waals surface area contributed by atoms with E-state index in [4.69, 9.17) is 61.6 Å². The average molecular weight is 1980 g/mol. The first-order valence-corrected chi connectivity index (χ1v) is 38.5. The van der Waals surface area contributed by atoms with E-state index >= 15 is 9.59 Å². The fourth-order valence-electron chi connectivity index (χ4n) is 12.4. The van der Waals surface area contributed by atoms with Crippen LogP contribution in [0.15, 0.2) is 146 Å². The van der Waals surface area contributed by atoms with Gasteiger partial charge in [-0.1, -0.05) is 0 Å². The summed E-state index contributed by atoms with van der Waals surface area (Å²) in [6, 6.07) is 10.8. The molecule has 0 aromatic heterocycles. The van der Waals surface area contributed by atoms with Crippen LogP contribution in [0.4, 0.5) is 0 Å². The summed E-state index contributed by atoms with van der Waals surface area (Å²) in [5.74, 6) is -66.0. The zero-order valence-electron chi connectivity index (χ0n) is 69.6. The van der Waals surface area contributed by atoms with Gasteiger partial charge in [0.1, 0.15) is 0 Å². The second-order valence-electron chi connectivity index (χ2n) is 29.1. The van der Waals surface area contributed by atoms with Gasteiger partial charge in [-0.15, -0.1) is 0 Å². The molecule has 0 unspecified atom stereocenters. The molecule has 0 aliphatic carbocycles. The Morgan fingerprint density at radius 1 is 0.169 bits per heavy atom. The van der Waals surface area contributed by atoms with Gasteiger partial charge in [-0.2, -0.15) is 0 Å². The normalized spacial score (nSPS) is 13.6.